The van der Waals surface area contributed by atoms with Crippen molar-refractivity contribution in [2.24, 2.45) is 0 Å². The lowest BCUT2D eigenvalue weighted by molar-refractivity contribution is -0.870. The third-order valence-corrected chi connectivity index (χ3v) is 10.7. The van der Waals surface area contributed by atoms with Crippen LogP contribution in [0.1, 0.15) is 200 Å². The van der Waals surface area contributed by atoms with Crippen LogP contribution in [0.15, 0.2) is 24.3 Å². The Labute approximate surface area is 334 Å². The van der Waals surface area contributed by atoms with Gasteiger partial charge in [-0.1, -0.05) is 154 Å². The molecule has 0 aliphatic carbocycles. The molecule has 1 N–H and O–H groups in total. The zero-order chi connectivity index (χ0) is 39.9. The highest BCUT2D eigenvalue weighted by atomic mass is 31.2. The molecule has 9 heteroatoms. The van der Waals surface area contributed by atoms with Crippen molar-refractivity contribution in [1.29, 1.82) is 0 Å². The molecule has 2 unspecified atom stereocenters. The average Bonchev–Trinajstić information content (AvgIpc) is 3.12. The Morgan fingerprint density at radius 1 is 0.556 bits per heavy atom. The van der Waals surface area contributed by atoms with Crippen molar-refractivity contribution in [3.63, 3.8) is 0 Å². The summed E-state index contributed by atoms with van der Waals surface area (Å²) in [5.74, 6) is -0.319. The lowest BCUT2D eigenvalue weighted by atomic mass is 10.1. The van der Waals surface area contributed by atoms with Crippen LogP contribution in [0.4, 0.5) is 0 Å². The van der Waals surface area contributed by atoms with Crippen molar-refractivity contribution < 1.29 is 37.3 Å². The number of nitrogens with zero attached hydrogens (tertiary/aromatic N) is 1. The Bertz CT molecular complexity index is 920. The van der Waals surface area contributed by atoms with Crippen LogP contribution in [-0.4, -0.2) is 75.6 Å². The van der Waals surface area contributed by atoms with Gasteiger partial charge >= 0.3 is 13.8 Å². The topological polar surface area (TPSA) is 91.3 Å². The van der Waals surface area contributed by atoms with Crippen LogP contribution in [0.5, 0.6) is 0 Å². The molecule has 0 rings (SSSR count). The maximum atomic E-state index is 12.7. The number of rotatable bonds is 42. The molecule has 0 saturated carbocycles. The molecule has 0 heterocycles. The Hall–Kier alpha value is -1.02. The summed E-state index contributed by atoms with van der Waals surface area (Å²) in [6, 6.07) is 0. The number of hydrogen-bond donors (Lipinski definition) is 1. The molecule has 54 heavy (non-hydrogen) atoms. The number of quaternary nitrogens is 1. The monoisotopic (exact) mass is 787 g/mol. The first-order chi connectivity index (χ1) is 26.1. The summed E-state index contributed by atoms with van der Waals surface area (Å²) in [4.78, 5) is 22.9. The first-order valence-corrected chi connectivity index (χ1v) is 24.1. The number of phosphoric acid groups is 1. The molecular weight excluding hydrogens is 697 g/mol. The second-order valence-corrected chi connectivity index (χ2v) is 17.9. The third kappa shape index (κ3) is 42.1. The number of phosphoric ester groups is 1. The van der Waals surface area contributed by atoms with Gasteiger partial charge in [0, 0.05) is 13.0 Å². The molecule has 320 valence electrons. The fourth-order valence-corrected chi connectivity index (χ4v) is 6.93. The van der Waals surface area contributed by atoms with E-state index in [-0.39, 0.29) is 25.8 Å². The highest BCUT2D eigenvalue weighted by Crippen LogP contribution is 2.43. The van der Waals surface area contributed by atoms with E-state index >= 15 is 0 Å². The lowest BCUT2D eigenvalue weighted by Crippen LogP contribution is -2.37. The first-order valence-electron chi connectivity index (χ1n) is 22.6. The highest BCUT2D eigenvalue weighted by Gasteiger charge is 2.26. The van der Waals surface area contributed by atoms with Crippen LogP contribution >= 0.6 is 7.82 Å². The van der Waals surface area contributed by atoms with Gasteiger partial charge in [0.2, 0.25) is 0 Å². The van der Waals surface area contributed by atoms with Crippen molar-refractivity contribution in [1.82, 2.24) is 0 Å². The molecule has 0 aromatic carbocycles. The maximum absolute atomic E-state index is 12.7. The molecule has 0 spiro atoms. The summed E-state index contributed by atoms with van der Waals surface area (Å²) in [5, 5.41) is 0. The largest absolute Gasteiger partial charge is 0.472 e. The molecule has 0 aliphatic heterocycles. The zero-order valence-electron chi connectivity index (χ0n) is 36.2. The summed E-state index contributed by atoms with van der Waals surface area (Å²) in [6.45, 7) is 5.61. The van der Waals surface area contributed by atoms with Crippen LogP contribution in [0.25, 0.3) is 0 Å². The molecule has 0 amide bonds. The predicted molar refractivity (Wildman–Crippen MR) is 229 cm³/mol. The average molecular weight is 787 g/mol. The van der Waals surface area contributed by atoms with Crippen LogP contribution in [-0.2, 0) is 27.9 Å². The SMILES string of the molecule is CCCCCCC/C=C\CCCCCCCCOCC(COP(=O)(O)OCC[N+](C)(C)C)OC(=O)CCCCCCCCC/C=C\CCCCCCCC. The second kappa shape index (κ2) is 38.8. The quantitative estimate of drug-likeness (QED) is 0.0217. The summed E-state index contributed by atoms with van der Waals surface area (Å²) < 4.78 is 35.0. The van der Waals surface area contributed by atoms with Gasteiger partial charge in [-0.15, -0.1) is 0 Å². The lowest BCUT2D eigenvalue weighted by Gasteiger charge is -2.24. The van der Waals surface area contributed by atoms with Crippen molar-refractivity contribution in [2.75, 3.05) is 54.1 Å². The Morgan fingerprint density at radius 3 is 1.41 bits per heavy atom. The molecule has 0 saturated heterocycles. The van der Waals surface area contributed by atoms with Gasteiger partial charge in [0.15, 0.2) is 0 Å². The maximum Gasteiger partial charge on any atom is 0.472 e. The molecule has 0 aliphatic rings. The van der Waals surface area contributed by atoms with E-state index in [2.05, 4.69) is 38.2 Å². The minimum absolute atomic E-state index is 0.0878. The van der Waals surface area contributed by atoms with Crippen molar-refractivity contribution in [2.45, 2.75) is 206 Å². The number of hydrogen-bond acceptors (Lipinski definition) is 6. The van der Waals surface area contributed by atoms with E-state index in [4.69, 9.17) is 18.5 Å². The van der Waals surface area contributed by atoms with E-state index in [9.17, 15) is 14.3 Å². The number of carbonyl (C=O) groups is 1. The van der Waals surface area contributed by atoms with Crippen LogP contribution in [0.2, 0.25) is 0 Å². The number of ether oxygens (including phenoxy) is 2. The van der Waals surface area contributed by atoms with E-state index in [0.717, 1.165) is 32.1 Å². The van der Waals surface area contributed by atoms with Crippen molar-refractivity contribution >= 4 is 13.8 Å². The molecule has 2 atom stereocenters. The standard InChI is InChI=1S/C45H88NO7P/c1-6-8-10-12-14-16-18-20-22-23-24-26-28-30-32-34-36-38-45(47)53-44(43-52-54(48,49)51-41-39-46(3,4)5)42-50-40-37-35-33-31-29-27-25-21-19-17-15-13-11-9-7-2/h19-22,44H,6-18,23-43H2,1-5H3/p+1/b21-19-,22-20-. The summed E-state index contributed by atoms with van der Waals surface area (Å²) in [6.07, 6.45) is 43.5. The Kier molecular flexibility index (Phi) is 38.1. The second-order valence-electron chi connectivity index (χ2n) is 16.4. The van der Waals surface area contributed by atoms with Crippen molar-refractivity contribution in [3.8, 4) is 0 Å². The van der Waals surface area contributed by atoms with Gasteiger partial charge < -0.3 is 18.9 Å². The van der Waals surface area contributed by atoms with Gasteiger partial charge in [0.25, 0.3) is 0 Å². The molecular formula is C45H89NO7P+. The number of allylic oxidation sites excluding steroid dienone is 4. The summed E-state index contributed by atoms with van der Waals surface area (Å²) >= 11 is 0. The molecule has 0 aromatic rings. The van der Waals surface area contributed by atoms with Crippen LogP contribution in [0, 0.1) is 0 Å². The predicted octanol–water partition coefficient (Wildman–Crippen LogP) is 13.2. The molecule has 8 nitrogen and oxygen atoms in total. The van der Waals surface area contributed by atoms with Crippen molar-refractivity contribution in [3.05, 3.63) is 24.3 Å². The number of unbranched alkanes of at least 4 members (excludes halogenated alkanes) is 24. The van der Waals surface area contributed by atoms with Gasteiger partial charge in [-0.05, 0) is 64.2 Å². The minimum atomic E-state index is -4.27. The van der Waals surface area contributed by atoms with Gasteiger partial charge in [-0.25, -0.2) is 4.57 Å². The smallest absolute Gasteiger partial charge is 0.457 e. The van der Waals surface area contributed by atoms with Gasteiger partial charge in [0.05, 0.1) is 34.4 Å². The van der Waals surface area contributed by atoms with Crippen LogP contribution < -0.4 is 0 Å². The van der Waals surface area contributed by atoms with Gasteiger partial charge in [0.1, 0.15) is 19.3 Å². The van der Waals surface area contributed by atoms with Gasteiger partial charge in [-0.3, -0.25) is 13.8 Å². The summed E-state index contributed by atoms with van der Waals surface area (Å²) in [7, 11) is 1.67. The van der Waals surface area contributed by atoms with E-state index in [1.165, 1.54) is 148 Å². The fraction of sp³-hybridized carbons (Fsp3) is 0.889. The highest BCUT2D eigenvalue weighted by molar-refractivity contribution is 7.47. The minimum Gasteiger partial charge on any atom is -0.457 e. The van der Waals surface area contributed by atoms with Gasteiger partial charge in [-0.2, -0.15) is 0 Å². The van der Waals surface area contributed by atoms with E-state index in [1.807, 2.05) is 21.1 Å². The fourth-order valence-electron chi connectivity index (χ4n) is 6.19. The molecule has 0 bridgehead atoms. The van der Waals surface area contributed by atoms with Crippen LogP contribution in [0.3, 0.4) is 0 Å². The first kappa shape index (κ1) is 53.0. The number of carbonyl (C=O) groups excluding carboxylic acids is 1. The Balaban J connectivity index is 4.23. The van der Waals surface area contributed by atoms with E-state index < -0.39 is 13.9 Å². The zero-order valence-corrected chi connectivity index (χ0v) is 37.1. The summed E-state index contributed by atoms with van der Waals surface area (Å²) in [5.41, 5.74) is 0. The Morgan fingerprint density at radius 2 is 0.963 bits per heavy atom. The number of esters is 1. The third-order valence-electron chi connectivity index (χ3n) is 9.74. The molecule has 0 radical (unpaired) electrons. The molecule has 0 aromatic heterocycles. The van der Waals surface area contributed by atoms with E-state index in [1.54, 1.807) is 0 Å². The van der Waals surface area contributed by atoms with E-state index in [0.29, 0.717) is 24.1 Å². The number of likely N-dealkylation sites (N-methyl/N-ethyl adjacent to an activating group) is 1. The normalized spacial score (nSPS) is 14.0. The molecule has 0 fully saturated rings.